The quantitative estimate of drug-likeness (QED) is 0.503. The van der Waals surface area contributed by atoms with E-state index in [0.717, 1.165) is 16.3 Å². The molecule has 0 spiro atoms. The fourth-order valence-electron chi connectivity index (χ4n) is 1.79. The first-order valence-electron chi connectivity index (χ1n) is 4.64. The molecule has 1 aliphatic heterocycles. The van der Waals surface area contributed by atoms with Crippen molar-refractivity contribution in [2.45, 2.75) is 6.16 Å². The summed E-state index contributed by atoms with van der Waals surface area (Å²) >= 11 is 0. The summed E-state index contributed by atoms with van der Waals surface area (Å²) in [4.78, 5) is 4.96. The molecule has 1 aliphatic rings. The van der Waals surface area contributed by atoms with Gasteiger partial charge in [0.2, 0.25) is 6.16 Å². The Bertz CT molecular complexity index is 551. The molecule has 0 N–H and O–H groups in total. The molecule has 1 unspecified atom stereocenters. The lowest BCUT2D eigenvalue weighted by atomic mass is 10.0. The monoisotopic (exact) mass is 219 g/mol. The van der Waals surface area contributed by atoms with Crippen LogP contribution < -0.4 is 4.89 Å². The van der Waals surface area contributed by atoms with Crippen molar-refractivity contribution in [2.24, 2.45) is 0 Å². The van der Waals surface area contributed by atoms with Crippen LogP contribution in [-0.4, -0.2) is 0 Å². The molecule has 0 fully saturated rings. The molecule has 1 atom stereocenters. The third-order valence-electron chi connectivity index (χ3n) is 2.50. The van der Waals surface area contributed by atoms with Crippen molar-refractivity contribution in [1.82, 2.24) is 0 Å². The summed E-state index contributed by atoms with van der Waals surface area (Å²) in [6.45, 7) is 0. The van der Waals surface area contributed by atoms with Crippen molar-refractivity contribution in [3.8, 4) is 5.75 Å². The largest absolute Gasteiger partial charge is 0.558 e. The molecule has 2 aromatic rings. The van der Waals surface area contributed by atoms with Gasteiger partial charge in [0.05, 0.1) is 10.2 Å². The molecule has 3 nitrogen and oxygen atoms in total. The van der Waals surface area contributed by atoms with Gasteiger partial charge in [-0.1, -0.05) is 30.3 Å². The van der Waals surface area contributed by atoms with Crippen LogP contribution in [0.4, 0.5) is 0 Å². The van der Waals surface area contributed by atoms with E-state index in [1.165, 1.54) is 0 Å². The molecule has 4 heteroatoms. The lowest BCUT2D eigenvalue weighted by molar-refractivity contribution is -0.0971. The first-order valence-corrected chi connectivity index (χ1v) is 6.01. The SMILES string of the molecule is O=[P+]1Cc2c(ccc3ccccc23)OO1. The molecular weight excluding hydrogens is 211 g/mol. The molecule has 0 aliphatic carbocycles. The Labute approximate surface area is 87.4 Å². The second kappa shape index (κ2) is 3.30. The molecular formula is C11H8O3P+. The van der Waals surface area contributed by atoms with Crippen LogP contribution in [0.25, 0.3) is 10.8 Å². The predicted molar refractivity (Wildman–Crippen MR) is 57.0 cm³/mol. The van der Waals surface area contributed by atoms with Gasteiger partial charge >= 0.3 is 8.03 Å². The van der Waals surface area contributed by atoms with E-state index in [4.69, 9.17) is 4.89 Å². The minimum absolute atomic E-state index is 0.423. The fraction of sp³-hybridized carbons (Fsp3) is 0.0909. The van der Waals surface area contributed by atoms with Crippen molar-refractivity contribution in [3.05, 3.63) is 42.0 Å². The number of fused-ring (bicyclic) bond motifs is 3. The standard InChI is InChI=1S/C11H8O3P/c12-15-7-10-9-4-2-1-3-8(9)5-6-11(10)13-14-15/h1-6H,7H2/q+1. The number of benzene rings is 2. The van der Waals surface area contributed by atoms with Crippen LogP contribution in [0.1, 0.15) is 5.56 Å². The zero-order valence-electron chi connectivity index (χ0n) is 7.84. The second-order valence-electron chi connectivity index (χ2n) is 3.41. The summed E-state index contributed by atoms with van der Waals surface area (Å²) in [5.74, 6) is 0.670. The van der Waals surface area contributed by atoms with Gasteiger partial charge < -0.3 is 0 Å². The van der Waals surface area contributed by atoms with E-state index in [9.17, 15) is 4.57 Å². The average Bonchev–Trinajstić information content (AvgIpc) is 2.29. The van der Waals surface area contributed by atoms with E-state index in [-0.39, 0.29) is 0 Å². The van der Waals surface area contributed by atoms with Gasteiger partial charge in [-0.3, -0.25) is 4.89 Å². The molecule has 0 aromatic heterocycles. The molecule has 0 saturated carbocycles. The number of hydrogen-bond acceptors (Lipinski definition) is 3. The minimum atomic E-state index is -1.72. The number of hydrogen-bond donors (Lipinski definition) is 0. The Morgan fingerprint density at radius 1 is 1.13 bits per heavy atom. The third-order valence-corrected chi connectivity index (χ3v) is 3.31. The zero-order chi connectivity index (χ0) is 10.3. The normalized spacial score (nSPS) is 17.2. The third kappa shape index (κ3) is 1.41. The van der Waals surface area contributed by atoms with Crippen molar-refractivity contribution in [1.29, 1.82) is 0 Å². The van der Waals surface area contributed by atoms with Crippen LogP contribution in [0.3, 0.4) is 0 Å². The van der Waals surface area contributed by atoms with E-state index in [0.29, 0.717) is 11.9 Å². The summed E-state index contributed by atoms with van der Waals surface area (Å²) in [7, 11) is -1.72. The Morgan fingerprint density at radius 3 is 2.93 bits per heavy atom. The first kappa shape index (κ1) is 8.84. The van der Waals surface area contributed by atoms with Gasteiger partial charge in [-0.05, 0) is 21.4 Å². The van der Waals surface area contributed by atoms with Crippen molar-refractivity contribution in [3.63, 3.8) is 0 Å². The molecule has 0 bridgehead atoms. The van der Waals surface area contributed by atoms with Crippen LogP contribution >= 0.6 is 8.03 Å². The fourth-order valence-corrected chi connectivity index (χ4v) is 2.59. The Hall–Kier alpha value is -1.44. The van der Waals surface area contributed by atoms with E-state index in [1.54, 1.807) is 0 Å². The lowest BCUT2D eigenvalue weighted by Gasteiger charge is -2.09. The summed E-state index contributed by atoms with van der Waals surface area (Å²) in [6, 6.07) is 11.8. The predicted octanol–water partition coefficient (Wildman–Crippen LogP) is 3.41. The average molecular weight is 219 g/mol. The van der Waals surface area contributed by atoms with Crippen molar-refractivity contribution in [2.75, 3.05) is 0 Å². The van der Waals surface area contributed by atoms with Gasteiger partial charge in [-0.25, -0.2) is 0 Å². The number of rotatable bonds is 0. The van der Waals surface area contributed by atoms with Gasteiger partial charge in [-0.2, -0.15) is 0 Å². The van der Waals surface area contributed by atoms with Gasteiger partial charge in [0.1, 0.15) is 0 Å². The molecule has 0 radical (unpaired) electrons. The summed E-state index contributed by atoms with van der Waals surface area (Å²) < 4.78 is 15.9. The lowest BCUT2D eigenvalue weighted by Crippen LogP contribution is -2.01. The van der Waals surface area contributed by atoms with Crippen molar-refractivity contribution < 1.29 is 14.1 Å². The highest BCUT2D eigenvalue weighted by Crippen LogP contribution is 2.41. The summed E-state index contributed by atoms with van der Waals surface area (Å²) in [6.07, 6.45) is 0.423. The Morgan fingerprint density at radius 2 is 2.00 bits per heavy atom. The topological polar surface area (TPSA) is 35.5 Å². The summed E-state index contributed by atoms with van der Waals surface area (Å²) in [5.41, 5.74) is 0.973. The van der Waals surface area contributed by atoms with Gasteiger partial charge in [0.15, 0.2) is 5.75 Å². The maximum Gasteiger partial charge on any atom is 0.558 e. The minimum Gasteiger partial charge on any atom is -0.293 e. The Balaban J connectivity index is 2.32. The maximum atomic E-state index is 11.3. The molecule has 0 amide bonds. The smallest absolute Gasteiger partial charge is 0.293 e. The molecule has 0 saturated heterocycles. The van der Waals surface area contributed by atoms with Crippen LogP contribution in [0, 0.1) is 0 Å². The molecule has 2 aromatic carbocycles. The highest BCUT2D eigenvalue weighted by Gasteiger charge is 2.31. The second-order valence-corrected chi connectivity index (χ2v) is 4.54. The van der Waals surface area contributed by atoms with E-state index < -0.39 is 8.03 Å². The van der Waals surface area contributed by atoms with Crippen LogP contribution in [0.15, 0.2) is 36.4 Å². The highest BCUT2D eigenvalue weighted by atomic mass is 31.1. The van der Waals surface area contributed by atoms with Gasteiger partial charge in [0.25, 0.3) is 0 Å². The summed E-state index contributed by atoms with van der Waals surface area (Å²) in [5, 5.41) is 2.21. The molecule has 15 heavy (non-hydrogen) atoms. The van der Waals surface area contributed by atoms with Crippen LogP contribution in [0.2, 0.25) is 0 Å². The zero-order valence-corrected chi connectivity index (χ0v) is 8.74. The van der Waals surface area contributed by atoms with Gasteiger partial charge in [-0.15, -0.1) is 0 Å². The van der Waals surface area contributed by atoms with Crippen molar-refractivity contribution >= 4 is 18.8 Å². The first-order chi connectivity index (χ1) is 7.34. The molecule has 74 valence electrons. The van der Waals surface area contributed by atoms with Crippen LogP contribution in [0.5, 0.6) is 5.75 Å². The molecule has 3 rings (SSSR count). The highest BCUT2D eigenvalue weighted by molar-refractivity contribution is 7.38. The maximum absolute atomic E-state index is 11.3. The van der Waals surface area contributed by atoms with Crippen LogP contribution in [-0.2, 0) is 15.4 Å². The van der Waals surface area contributed by atoms with E-state index in [2.05, 4.69) is 4.67 Å². The van der Waals surface area contributed by atoms with E-state index >= 15 is 0 Å². The molecule has 1 heterocycles. The van der Waals surface area contributed by atoms with Gasteiger partial charge in [0, 0.05) is 0 Å². The van der Waals surface area contributed by atoms with E-state index in [1.807, 2.05) is 36.4 Å². The Kier molecular flexibility index (Phi) is 1.94.